The highest BCUT2D eigenvalue weighted by atomic mass is 16.6. The van der Waals surface area contributed by atoms with Gasteiger partial charge in [0.05, 0.1) is 22.7 Å². The van der Waals surface area contributed by atoms with Crippen molar-refractivity contribution in [3.8, 4) is 0 Å². The van der Waals surface area contributed by atoms with E-state index in [-0.39, 0.29) is 61.4 Å². The fraction of sp³-hybridized carbons (Fsp3) is 0.700. The first kappa shape index (κ1) is 24.0. The molecule has 0 amide bonds. The number of hydrogen-bond donors (Lipinski definition) is 0. The molecular weight excluding hydrogens is 456 g/mol. The van der Waals surface area contributed by atoms with Gasteiger partial charge >= 0.3 is 17.9 Å². The molecule has 6 aliphatic rings. The quantitative estimate of drug-likeness (QED) is 0.247. The molecular formula is C30H38O6. The Bertz CT molecular complexity index is 959. The lowest BCUT2D eigenvalue weighted by Crippen LogP contribution is -2.42. The summed E-state index contributed by atoms with van der Waals surface area (Å²) in [4.78, 5) is 39.1. The van der Waals surface area contributed by atoms with E-state index in [4.69, 9.17) is 14.2 Å². The van der Waals surface area contributed by atoms with E-state index in [0.29, 0.717) is 24.2 Å². The number of rotatable bonds is 10. The molecule has 0 radical (unpaired) electrons. The van der Waals surface area contributed by atoms with E-state index in [9.17, 15) is 14.4 Å². The fourth-order valence-corrected chi connectivity index (χ4v) is 7.56. The standard InChI is InChI=1S/C30H38O6/c1-2-29(16-34-26(31)24-13-20-3-5-22(24)11-20,17-35-27(32)25-14-21-4-6-23(25)12-21)18-36-28(33)30-9-7-19(15-30)8-10-30/h3-7,9,19-25H,2,8,10-18H2,1H3. The van der Waals surface area contributed by atoms with Gasteiger partial charge in [-0.2, -0.15) is 0 Å². The van der Waals surface area contributed by atoms with Crippen molar-refractivity contribution in [2.24, 2.45) is 52.3 Å². The van der Waals surface area contributed by atoms with Crippen LogP contribution in [0.4, 0.5) is 0 Å². The van der Waals surface area contributed by atoms with Gasteiger partial charge in [0.2, 0.25) is 0 Å². The van der Waals surface area contributed by atoms with Crippen LogP contribution in [0.3, 0.4) is 0 Å². The topological polar surface area (TPSA) is 78.9 Å². The maximum absolute atomic E-state index is 13.2. The Morgan fingerprint density at radius 3 is 1.75 bits per heavy atom. The summed E-state index contributed by atoms with van der Waals surface area (Å²) < 4.78 is 17.7. The van der Waals surface area contributed by atoms with E-state index in [1.807, 2.05) is 13.0 Å². The van der Waals surface area contributed by atoms with Crippen LogP contribution in [0, 0.1) is 52.3 Å². The molecule has 0 aliphatic heterocycles. The normalized spacial score (nSPS) is 40.1. The lowest BCUT2D eigenvalue weighted by Gasteiger charge is -2.33. The molecule has 36 heavy (non-hydrogen) atoms. The smallest absolute Gasteiger partial charge is 0.315 e. The lowest BCUT2D eigenvalue weighted by atomic mass is 9.86. The molecule has 3 fully saturated rings. The highest BCUT2D eigenvalue weighted by molar-refractivity contribution is 5.80. The van der Waals surface area contributed by atoms with Gasteiger partial charge in [-0.25, -0.2) is 0 Å². The Morgan fingerprint density at radius 1 is 0.778 bits per heavy atom. The van der Waals surface area contributed by atoms with E-state index in [0.717, 1.165) is 44.9 Å². The van der Waals surface area contributed by atoms with E-state index in [1.54, 1.807) is 0 Å². The predicted octanol–water partition coefficient (Wildman–Crippen LogP) is 4.79. The van der Waals surface area contributed by atoms with Crippen LogP contribution in [0.1, 0.15) is 58.3 Å². The van der Waals surface area contributed by atoms with E-state index in [2.05, 4.69) is 30.4 Å². The van der Waals surface area contributed by atoms with E-state index >= 15 is 0 Å². The number of allylic oxidation sites excluding steroid dienone is 5. The summed E-state index contributed by atoms with van der Waals surface area (Å²) in [7, 11) is 0. The number of esters is 3. The Kier molecular flexibility index (Phi) is 6.12. The van der Waals surface area contributed by atoms with Crippen molar-refractivity contribution in [3.05, 3.63) is 36.5 Å². The minimum atomic E-state index is -0.751. The number of carbonyl (C=O) groups excluding carboxylic acids is 3. The molecule has 0 aromatic carbocycles. The Labute approximate surface area is 213 Å². The largest absolute Gasteiger partial charge is 0.465 e. The van der Waals surface area contributed by atoms with Gasteiger partial charge in [0, 0.05) is 0 Å². The van der Waals surface area contributed by atoms with Gasteiger partial charge in [0.1, 0.15) is 19.8 Å². The molecule has 6 bridgehead atoms. The molecule has 8 atom stereocenters. The summed E-state index contributed by atoms with van der Waals surface area (Å²) in [6, 6.07) is 0. The third-order valence-corrected chi connectivity index (χ3v) is 10.1. The molecule has 6 nitrogen and oxygen atoms in total. The first-order valence-corrected chi connectivity index (χ1v) is 14.0. The summed E-state index contributed by atoms with van der Waals surface area (Å²) in [6.07, 6.45) is 19.8. The molecule has 0 aromatic rings. The zero-order valence-corrected chi connectivity index (χ0v) is 21.2. The summed E-state index contributed by atoms with van der Waals surface area (Å²) in [6.45, 7) is 2.23. The third-order valence-electron chi connectivity index (χ3n) is 10.1. The van der Waals surface area contributed by atoms with Crippen LogP contribution in [0.25, 0.3) is 0 Å². The van der Waals surface area contributed by atoms with Gasteiger partial charge in [-0.3, -0.25) is 14.4 Å². The predicted molar refractivity (Wildman–Crippen MR) is 132 cm³/mol. The van der Waals surface area contributed by atoms with Crippen molar-refractivity contribution >= 4 is 17.9 Å². The zero-order valence-electron chi connectivity index (χ0n) is 21.2. The molecule has 0 heterocycles. The van der Waals surface area contributed by atoms with Crippen molar-refractivity contribution in [1.29, 1.82) is 0 Å². The van der Waals surface area contributed by atoms with Crippen LogP contribution < -0.4 is 0 Å². The number of hydrogen-bond acceptors (Lipinski definition) is 6. The van der Waals surface area contributed by atoms with Crippen LogP contribution in [-0.4, -0.2) is 37.7 Å². The lowest BCUT2D eigenvalue weighted by molar-refractivity contribution is -0.169. The summed E-state index contributed by atoms with van der Waals surface area (Å²) in [5.74, 6) is 1.20. The van der Waals surface area contributed by atoms with Gasteiger partial charge < -0.3 is 14.2 Å². The average molecular weight is 495 g/mol. The van der Waals surface area contributed by atoms with Crippen LogP contribution >= 0.6 is 0 Å². The molecule has 0 saturated heterocycles. The molecule has 6 rings (SSSR count). The Hall–Kier alpha value is -2.37. The summed E-state index contributed by atoms with van der Waals surface area (Å²) >= 11 is 0. The Morgan fingerprint density at radius 2 is 1.36 bits per heavy atom. The third kappa shape index (κ3) is 4.24. The van der Waals surface area contributed by atoms with Crippen molar-refractivity contribution in [3.63, 3.8) is 0 Å². The second-order valence-corrected chi connectivity index (χ2v) is 12.4. The maximum Gasteiger partial charge on any atom is 0.315 e. The molecule has 0 spiro atoms. The molecule has 0 N–H and O–H groups in total. The van der Waals surface area contributed by atoms with Gasteiger partial charge in [0.25, 0.3) is 0 Å². The molecule has 0 aromatic heterocycles. The second-order valence-electron chi connectivity index (χ2n) is 12.4. The van der Waals surface area contributed by atoms with Crippen LogP contribution in [-0.2, 0) is 28.6 Å². The monoisotopic (exact) mass is 494 g/mol. The van der Waals surface area contributed by atoms with Crippen molar-refractivity contribution in [1.82, 2.24) is 0 Å². The van der Waals surface area contributed by atoms with Crippen LogP contribution in [0.15, 0.2) is 36.5 Å². The van der Waals surface area contributed by atoms with Crippen molar-refractivity contribution in [2.45, 2.75) is 58.3 Å². The minimum Gasteiger partial charge on any atom is -0.465 e. The van der Waals surface area contributed by atoms with Gasteiger partial charge in [-0.1, -0.05) is 43.4 Å². The molecule has 194 valence electrons. The molecule has 8 unspecified atom stereocenters. The molecule has 6 aliphatic carbocycles. The second kappa shape index (κ2) is 9.18. The highest BCUT2D eigenvalue weighted by Crippen LogP contribution is 2.50. The first-order valence-electron chi connectivity index (χ1n) is 14.0. The van der Waals surface area contributed by atoms with E-state index in [1.165, 1.54) is 0 Å². The highest BCUT2D eigenvalue weighted by Gasteiger charge is 2.49. The van der Waals surface area contributed by atoms with Crippen molar-refractivity contribution in [2.75, 3.05) is 19.8 Å². The number of carbonyl (C=O) groups is 3. The average Bonchev–Trinajstić information content (AvgIpc) is 3.75. The zero-order chi connectivity index (χ0) is 24.9. The van der Waals surface area contributed by atoms with E-state index < -0.39 is 10.8 Å². The van der Waals surface area contributed by atoms with Crippen LogP contribution in [0.5, 0.6) is 0 Å². The summed E-state index contributed by atoms with van der Waals surface area (Å²) in [5, 5.41) is 0. The summed E-state index contributed by atoms with van der Waals surface area (Å²) in [5.41, 5.74) is -1.26. The fourth-order valence-electron chi connectivity index (χ4n) is 7.56. The number of fused-ring (bicyclic) bond motifs is 6. The number of ether oxygens (including phenoxy) is 3. The van der Waals surface area contributed by atoms with Crippen molar-refractivity contribution < 1.29 is 28.6 Å². The molecule has 6 heteroatoms. The van der Waals surface area contributed by atoms with Crippen LogP contribution in [0.2, 0.25) is 0 Å². The first-order chi connectivity index (χ1) is 17.4. The SMILES string of the molecule is CCC(COC(=O)C1CC2C=CC1C2)(COC(=O)C1CC2C=CC1C2)COC(=O)C12C=CC(CC1)C2. The van der Waals surface area contributed by atoms with Gasteiger partial charge in [-0.05, 0) is 81.0 Å². The van der Waals surface area contributed by atoms with Gasteiger partial charge in [0.15, 0.2) is 0 Å². The minimum absolute atomic E-state index is 0.0798. The Balaban J connectivity index is 1.11. The van der Waals surface area contributed by atoms with Gasteiger partial charge in [-0.15, -0.1) is 0 Å². The molecule has 3 saturated carbocycles. The maximum atomic E-state index is 13.2.